The van der Waals surface area contributed by atoms with Crippen molar-refractivity contribution >= 4 is 34.3 Å². The highest BCUT2D eigenvalue weighted by Gasteiger charge is 2.22. The van der Waals surface area contributed by atoms with Gasteiger partial charge in [0.2, 0.25) is 0 Å². The maximum absolute atomic E-state index is 12.3. The average Bonchev–Trinajstić information content (AvgIpc) is 3.36. The first-order chi connectivity index (χ1) is 13.1. The number of benzene rings is 1. The zero-order valence-electron chi connectivity index (χ0n) is 13.7. The molecule has 0 fully saturated rings. The van der Waals surface area contributed by atoms with E-state index < -0.39 is 10.9 Å². The van der Waals surface area contributed by atoms with Crippen molar-refractivity contribution in [3.8, 4) is 15.6 Å². The number of hydrogen-bond acceptors (Lipinski definition) is 9. The Bertz CT molecular complexity index is 999. The van der Waals surface area contributed by atoms with Crippen molar-refractivity contribution in [2.24, 2.45) is 0 Å². The Hall–Kier alpha value is -2.82. The Labute approximate surface area is 161 Å². The van der Waals surface area contributed by atoms with Crippen LogP contribution in [0.2, 0.25) is 0 Å². The van der Waals surface area contributed by atoms with Crippen molar-refractivity contribution in [2.45, 2.75) is 13.2 Å². The van der Waals surface area contributed by atoms with Gasteiger partial charge in [0.25, 0.3) is 5.69 Å². The van der Waals surface area contributed by atoms with E-state index in [1.54, 1.807) is 5.38 Å². The molecular formula is C17H12N2O6S2. The molecule has 0 N–H and O–H groups in total. The largest absolute Gasteiger partial charge is 0.467 e. The molecule has 4 rings (SSSR count). The normalized spacial score (nSPS) is 12.9. The SMILES string of the molecule is O=C(OCc1cc([N+](=O)[O-])cc2c1OCOC2)c1csc(-c2cccs2)n1. The first-order valence-corrected chi connectivity index (χ1v) is 9.55. The molecule has 8 nitrogen and oxygen atoms in total. The number of nitro groups is 1. The van der Waals surface area contributed by atoms with Crippen LogP contribution < -0.4 is 4.74 Å². The lowest BCUT2D eigenvalue weighted by Crippen LogP contribution is -2.15. The van der Waals surface area contributed by atoms with Crippen LogP contribution in [0.1, 0.15) is 21.6 Å². The fourth-order valence-corrected chi connectivity index (χ4v) is 4.20. The minimum Gasteiger partial charge on any atom is -0.467 e. The van der Waals surface area contributed by atoms with Gasteiger partial charge < -0.3 is 14.2 Å². The molecule has 0 unspecified atom stereocenters. The molecule has 138 valence electrons. The van der Waals surface area contributed by atoms with Gasteiger partial charge in [-0.2, -0.15) is 0 Å². The van der Waals surface area contributed by atoms with Crippen LogP contribution in [0.25, 0.3) is 9.88 Å². The van der Waals surface area contributed by atoms with Crippen LogP contribution in [-0.4, -0.2) is 22.7 Å². The van der Waals surface area contributed by atoms with E-state index in [-0.39, 0.29) is 31.4 Å². The second-order valence-corrected chi connectivity index (χ2v) is 7.36. The molecule has 0 bridgehead atoms. The molecule has 0 radical (unpaired) electrons. The number of esters is 1. The second kappa shape index (κ2) is 7.43. The number of ether oxygens (including phenoxy) is 3. The maximum Gasteiger partial charge on any atom is 0.358 e. The summed E-state index contributed by atoms with van der Waals surface area (Å²) in [6, 6.07) is 6.57. The Morgan fingerprint density at radius 1 is 1.37 bits per heavy atom. The Balaban J connectivity index is 1.52. The van der Waals surface area contributed by atoms with E-state index in [1.165, 1.54) is 34.8 Å². The van der Waals surface area contributed by atoms with Crippen molar-refractivity contribution < 1.29 is 23.9 Å². The van der Waals surface area contributed by atoms with E-state index in [0.29, 0.717) is 16.9 Å². The topological polar surface area (TPSA) is 101 Å². The summed E-state index contributed by atoms with van der Waals surface area (Å²) in [5, 5.41) is 15.4. The van der Waals surface area contributed by atoms with E-state index in [2.05, 4.69) is 4.98 Å². The van der Waals surface area contributed by atoms with Gasteiger partial charge in [-0.15, -0.1) is 22.7 Å². The number of carbonyl (C=O) groups is 1. The number of thiophene rings is 1. The highest BCUT2D eigenvalue weighted by atomic mass is 32.1. The predicted octanol–water partition coefficient (Wildman–Crippen LogP) is 4.00. The second-order valence-electron chi connectivity index (χ2n) is 5.55. The lowest BCUT2D eigenvalue weighted by molar-refractivity contribution is -0.385. The van der Waals surface area contributed by atoms with Gasteiger partial charge >= 0.3 is 5.97 Å². The number of nitrogens with zero attached hydrogens (tertiary/aromatic N) is 2. The molecule has 0 spiro atoms. The van der Waals surface area contributed by atoms with Crippen molar-refractivity contribution in [3.63, 3.8) is 0 Å². The summed E-state index contributed by atoms with van der Waals surface area (Å²) in [6.45, 7) is 0.0882. The van der Waals surface area contributed by atoms with Gasteiger partial charge in [-0.05, 0) is 11.4 Å². The number of thiazole rings is 1. The third-order valence-electron chi connectivity index (χ3n) is 3.79. The van der Waals surface area contributed by atoms with Gasteiger partial charge in [-0.25, -0.2) is 9.78 Å². The molecule has 10 heteroatoms. The Morgan fingerprint density at radius 3 is 3.04 bits per heavy atom. The van der Waals surface area contributed by atoms with E-state index in [0.717, 1.165) is 9.88 Å². The van der Waals surface area contributed by atoms with Crippen LogP contribution in [-0.2, 0) is 22.7 Å². The van der Waals surface area contributed by atoms with Crippen LogP contribution in [0.4, 0.5) is 5.69 Å². The number of aromatic nitrogens is 1. The summed E-state index contributed by atoms with van der Waals surface area (Å²) in [7, 11) is 0. The first-order valence-electron chi connectivity index (χ1n) is 7.79. The Morgan fingerprint density at radius 2 is 2.26 bits per heavy atom. The predicted molar refractivity (Wildman–Crippen MR) is 97.9 cm³/mol. The van der Waals surface area contributed by atoms with Gasteiger partial charge in [0, 0.05) is 28.6 Å². The van der Waals surface area contributed by atoms with Crippen LogP contribution >= 0.6 is 22.7 Å². The number of fused-ring (bicyclic) bond motifs is 1. The number of rotatable bonds is 5. The summed E-state index contributed by atoms with van der Waals surface area (Å²) in [6.07, 6.45) is 0. The molecule has 1 aliphatic heterocycles. The maximum atomic E-state index is 12.3. The van der Waals surface area contributed by atoms with E-state index in [1.807, 2.05) is 17.5 Å². The van der Waals surface area contributed by atoms with Gasteiger partial charge in [0.05, 0.1) is 16.4 Å². The summed E-state index contributed by atoms with van der Waals surface area (Å²) >= 11 is 2.89. The highest BCUT2D eigenvalue weighted by Crippen LogP contribution is 2.33. The van der Waals surface area contributed by atoms with Crippen molar-refractivity contribution in [2.75, 3.05) is 6.79 Å². The molecule has 27 heavy (non-hydrogen) atoms. The highest BCUT2D eigenvalue weighted by molar-refractivity contribution is 7.20. The minimum absolute atomic E-state index is 0.0437. The molecule has 1 aliphatic rings. The summed E-state index contributed by atoms with van der Waals surface area (Å²) < 4.78 is 15.9. The van der Waals surface area contributed by atoms with E-state index in [9.17, 15) is 14.9 Å². The molecule has 2 aromatic heterocycles. The summed E-state index contributed by atoms with van der Waals surface area (Å²) in [5.41, 5.74) is 1.06. The van der Waals surface area contributed by atoms with Crippen LogP contribution in [0.3, 0.4) is 0 Å². The van der Waals surface area contributed by atoms with E-state index >= 15 is 0 Å². The zero-order chi connectivity index (χ0) is 18.8. The molecule has 3 aromatic rings. The first kappa shape index (κ1) is 17.6. The van der Waals surface area contributed by atoms with Crippen molar-refractivity contribution in [1.82, 2.24) is 4.98 Å². The number of hydrogen-bond donors (Lipinski definition) is 0. The van der Waals surface area contributed by atoms with Gasteiger partial charge in [0.15, 0.2) is 12.5 Å². The third kappa shape index (κ3) is 3.68. The summed E-state index contributed by atoms with van der Waals surface area (Å²) in [4.78, 5) is 28.2. The summed E-state index contributed by atoms with van der Waals surface area (Å²) in [5.74, 6) is -0.140. The fraction of sp³-hybridized carbons (Fsp3) is 0.176. The van der Waals surface area contributed by atoms with Crippen LogP contribution in [0.5, 0.6) is 5.75 Å². The number of nitro benzene ring substituents is 1. The van der Waals surface area contributed by atoms with Crippen LogP contribution in [0, 0.1) is 10.1 Å². The lowest BCUT2D eigenvalue weighted by atomic mass is 10.1. The molecule has 0 aliphatic carbocycles. The van der Waals surface area contributed by atoms with Gasteiger partial charge in [-0.3, -0.25) is 10.1 Å². The monoisotopic (exact) mass is 404 g/mol. The zero-order valence-corrected chi connectivity index (χ0v) is 15.4. The fourth-order valence-electron chi connectivity index (χ4n) is 2.59. The minimum atomic E-state index is -0.596. The molecule has 3 heterocycles. The third-order valence-corrected chi connectivity index (χ3v) is 5.67. The number of non-ortho nitro benzene ring substituents is 1. The molecule has 0 saturated carbocycles. The van der Waals surface area contributed by atoms with Gasteiger partial charge in [-0.1, -0.05) is 6.07 Å². The Kier molecular flexibility index (Phi) is 4.84. The average molecular weight is 404 g/mol. The molecule has 0 saturated heterocycles. The van der Waals surface area contributed by atoms with Crippen molar-refractivity contribution in [3.05, 3.63) is 62.0 Å². The molecule has 0 atom stereocenters. The number of carbonyl (C=O) groups excluding carboxylic acids is 1. The standard InChI is InChI=1S/C17H12N2O6S2/c20-17(13-8-27-16(18-13)14-2-1-3-26-14)24-7-11-5-12(19(21)22)4-10-6-23-9-25-15(10)11/h1-5,8H,6-7,9H2. The van der Waals surface area contributed by atoms with Gasteiger partial charge in [0.1, 0.15) is 17.4 Å². The molecule has 0 amide bonds. The van der Waals surface area contributed by atoms with E-state index in [4.69, 9.17) is 14.2 Å². The quantitative estimate of drug-likeness (QED) is 0.360. The smallest absolute Gasteiger partial charge is 0.358 e. The van der Waals surface area contributed by atoms with Crippen LogP contribution in [0.15, 0.2) is 35.0 Å². The molecular weight excluding hydrogens is 392 g/mol. The lowest BCUT2D eigenvalue weighted by Gasteiger charge is -2.20. The van der Waals surface area contributed by atoms with Crippen molar-refractivity contribution in [1.29, 1.82) is 0 Å². The molecule has 1 aromatic carbocycles.